The van der Waals surface area contributed by atoms with Gasteiger partial charge in [0.15, 0.2) is 0 Å². The van der Waals surface area contributed by atoms with Crippen molar-refractivity contribution in [3.8, 4) is 11.5 Å². The predicted octanol–water partition coefficient (Wildman–Crippen LogP) is 4.00. The summed E-state index contributed by atoms with van der Waals surface area (Å²) in [6.45, 7) is 12.1. The molecule has 6 nitrogen and oxygen atoms in total. The Kier molecular flexibility index (Phi) is 4.81. The molecule has 0 saturated carbocycles. The predicted molar refractivity (Wildman–Crippen MR) is 96.0 cm³/mol. The molecule has 3 heterocycles. The number of hydrogen-bond donors (Lipinski definition) is 0. The van der Waals surface area contributed by atoms with Gasteiger partial charge in [0.1, 0.15) is 12.0 Å². The minimum Gasteiger partial charge on any atom is -0.472 e. The first kappa shape index (κ1) is 17.5. The SMILES string of the molecule is Cc1nn(C)c(C)c1CN(Cc1nc(-c2ccoc2)oc1C)C(C)C. The van der Waals surface area contributed by atoms with Crippen LogP contribution in [-0.4, -0.2) is 25.7 Å². The molecule has 0 bridgehead atoms. The van der Waals surface area contributed by atoms with Crippen molar-refractivity contribution in [3.05, 3.63) is 47.0 Å². The third-order valence-corrected chi connectivity index (χ3v) is 4.76. The number of aromatic nitrogens is 3. The van der Waals surface area contributed by atoms with Crippen LogP contribution in [0.5, 0.6) is 0 Å². The zero-order valence-electron chi connectivity index (χ0n) is 15.8. The summed E-state index contributed by atoms with van der Waals surface area (Å²) in [5.41, 5.74) is 5.40. The van der Waals surface area contributed by atoms with Gasteiger partial charge in [0.2, 0.25) is 5.89 Å². The van der Waals surface area contributed by atoms with Crippen molar-refractivity contribution in [2.75, 3.05) is 0 Å². The molecular weight excluding hydrogens is 316 g/mol. The number of rotatable bonds is 6. The molecule has 0 aromatic carbocycles. The van der Waals surface area contributed by atoms with Crippen LogP contribution >= 0.6 is 0 Å². The highest BCUT2D eigenvalue weighted by molar-refractivity contribution is 5.51. The van der Waals surface area contributed by atoms with Crippen LogP contribution in [0.2, 0.25) is 0 Å². The van der Waals surface area contributed by atoms with E-state index < -0.39 is 0 Å². The Bertz CT molecular complexity index is 843. The second-order valence-corrected chi connectivity index (χ2v) is 6.81. The lowest BCUT2D eigenvalue weighted by Crippen LogP contribution is -2.30. The standard InChI is InChI=1S/C19H26N4O2/c1-12(2)23(9-17-13(3)21-22(6)14(17)4)10-18-15(5)25-19(20-18)16-7-8-24-11-16/h7-8,11-12H,9-10H2,1-6H3. The monoisotopic (exact) mass is 342 g/mol. The van der Waals surface area contributed by atoms with Gasteiger partial charge in [-0.25, -0.2) is 4.98 Å². The topological polar surface area (TPSA) is 60.2 Å². The first-order valence-corrected chi connectivity index (χ1v) is 8.58. The fraction of sp³-hybridized carbons (Fsp3) is 0.474. The third kappa shape index (κ3) is 3.54. The van der Waals surface area contributed by atoms with E-state index in [0.29, 0.717) is 11.9 Å². The van der Waals surface area contributed by atoms with Crippen molar-refractivity contribution >= 4 is 0 Å². The third-order valence-electron chi connectivity index (χ3n) is 4.76. The van der Waals surface area contributed by atoms with E-state index in [0.717, 1.165) is 35.8 Å². The van der Waals surface area contributed by atoms with Gasteiger partial charge in [-0.3, -0.25) is 9.58 Å². The zero-order chi connectivity index (χ0) is 18.1. The Labute approximate surface area is 148 Å². The van der Waals surface area contributed by atoms with Crippen LogP contribution in [0.3, 0.4) is 0 Å². The van der Waals surface area contributed by atoms with Gasteiger partial charge >= 0.3 is 0 Å². The van der Waals surface area contributed by atoms with Crippen LogP contribution in [0.1, 0.15) is 42.3 Å². The smallest absolute Gasteiger partial charge is 0.229 e. The molecule has 0 unspecified atom stereocenters. The molecule has 0 aliphatic heterocycles. The van der Waals surface area contributed by atoms with Crippen molar-refractivity contribution in [1.29, 1.82) is 0 Å². The summed E-state index contributed by atoms with van der Waals surface area (Å²) < 4.78 is 12.9. The maximum absolute atomic E-state index is 5.83. The summed E-state index contributed by atoms with van der Waals surface area (Å²) in [5, 5.41) is 4.53. The van der Waals surface area contributed by atoms with E-state index in [2.05, 4.69) is 42.7 Å². The van der Waals surface area contributed by atoms with Gasteiger partial charge in [-0.2, -0.15) is 5.10 Å². The van der Waals surface area contributed by atoms with E-state index in [1.165, 1.54) is 11.3 Å². The molecule has 0 fully saturated rings. The Morgan fingerprint density at radius 3 is 2.52 bits per heavy atom. The van der Waals surface area contributed by atoms with Crippen LogP contribution in [0.4, 0.5) is 0 Å². The van der Waals surface area contributed by atoms with Crippen molar-refractivity contribution in [2.24, 2.45) is 7.05 Å². The Morgan fingerprint density at radius 1 is 1.20 bits per heavy atom. The molecule has 0 N–H and O–H groups in total. The first-order chi connectivity index (χ1) is 11.9. The van der Waals surface area contributed by atoms with Gasteiger partial charge in [-0.15, -0.1) is 0 Å². The molecule has 0 radical (unpaired) electrons. The van der Waals surface area contributed by atoms with Gasteiger partial charge in [0, 0.05) is 37.4 Å². The highest BCUT2D eigenvalue weighted by Crippen LogP contribution is 2.24. The first-order valence-electron chi connectivity index (χ1n) is 8.58. The van der Waals surface area contributed by atoms with Crippen LogP contribution in [0.15, 0.2) is 27.4 Å². The number of hydrogen-bond acceptors (Lipinski definition) is 5. The normalized spacial score (nSPS) is 11.8. The second-order valence-electron chi connectivity index (χ2n) is 6.81. The molecule has 6 heteroatoms. The molecular formula is C19H26N4O2. The molecule has 3 aromatic heterocycles. The Hall–Kier alpha value is -2.34. The largest absolute Gasteiger partial charge is 0.472 e. The molecule has 3 aromatic rings. The van der Waals surface area contributed by atoms with Crippen LogP contribution < -0.4 is 0 Å². The van der Waals surface area contributed by atoms with Crippen LogP contribution in [0.25, 0.3) is 11.5 Å². The summed E-state index contributed by atoms with van der Waals surface area (Å²) in [7, 11) is 1.99. The molecule has 0 spiro atoms. The lowest BCUT2D eigenvalue weighted by Gasteiger charge is -2.26. The maximum Gasteiger partial charge on any atom is 0.229 e. The number of aryl methyl sites for hydroxylation is 3. The van der Waals surface area contributed by atoms with E-state index >= 15 is 0 Å². The Morgan fingerprint density at radius 2 is 1.96 bits per heavy atom. The van der Waals surface area contributed by atoms with Gasteiger partial charge in [0.25, 0.3) is 0 Å². The van der Waals surface area contributed by atoms with E-state index in [4.69, 9.17) is 8.83 Å². The van der Waals surface area contributed by atoms with E-state index in [-0.39, 0.29) is 0 Å². The molecule has 25 heavy (non-hydrogen) atoms. The molecule has 0 aliphatic rings. The summed E-state index contributed by atoms with van der Waals surface area (Å²) >= 11 is 0. The average Bonchev–Trinajstić information content (AvgIpc) is 3.24. The molecule has 0 amide bonds. The van der Waals surface area contributed by atoms with E-state index in [1.807, 2.05) is 24.7 Å². The van der Waals surface area contributed by atoms with Crippen molar-refractivity contribution in [3.63, 3.8) is 0 Å². The number of nitrogens with zero attached hydrogens (tertiary/aromatic N) is 4. The summed E-state index contributed by atoms with van der Waals surface area (Å²) in [4.78, 5) is 7.07. The summed E-state index contributed by atoms with van der Waals surface area (Å²) in [5.74, 6) is 1.46. The highest BCUT2D eigenvalue weighted by atomic mass is 16.4. The lowest BCUT2D eigenvalue weighted by molar-refractivity contribution is 0.199. The fourth-order valence-electron chi connectivity index (χ4n) is 2.95. The van der Waals surface area contributed by atoms with Crippen LogP contribution in [0, 0.1) is 20.8 Å². The molecule has 0 aliphatic carbocycles. The van der Waals surface area contributed by atoms with Gasteiger partial charge in [-0.05, 0) is 40.7 Å². The van der Waals surface area contributed by atoms with Crippen molar-refractivity contribution in [2.45, 2.75) is 53.8 Å². The number of oxazole rings is 1. The minimum atomic E-state index is 0.382. The van der Waals surface area contributed by atoms with E-state index in [1.54, 1.807) is 12.5 Å². The van der Waals surface area contributed by atoms with Crippen molar-refractivity contribution < 1.29 is 8.83 Å². The highest BCUT2D eigenvalue weighted by Gasteiger charge is 2.20. The minimum absolute atomic E-state index is 0.382. The quantitative estimate of drug-likeness (QED) is 0.677. The summed E-state index contributed by atoms with van der Waals surface area (Å²) in [6, 6.07) is 2.24. The van der Waals surface area contributed by atoms with E-state index in [9.17, 15) is 0 Å². The molecule has 0 atom stereocenters. The van der Waals surface area contributed by atoms with Crippen LogP contribution in [-0.2, 0) is 20.1 Å². The zero-order valence-corrected chi connectivity index (χ0v) is 15.8. The fourth-order valence-corrected chi connectivity index (χ4v) is 2.95. The molecule has 3 rings (SSSR count). The maximum atomic E-state index is 5.83. The summed E-state index contributed by atoms with van der Waals surface area (Å²) in [6.07, 6.45) is 3.28. The van der Waals surface area contributed by atoms with Gasteiger partial charge in [-0.1, -0.05) is 0 Å². The van der Waals surface area contributed by atoms with Crippen molar-refractivity contribution in [1.82, 2.24) is 19.7 Å². The molecule has 134 valence electrons. The number of furan rings is 1. The Balaban J connectivity index is 1.83. The average molecular weight is 342 g/mol. The van der Waals surface area contributed by atoms with Gasteiger partial charge in [0.05, 0.1) is 23.2 Å². The lowest BCUT2D eigenvalue weighted by atomic mass is 10.1. The molecule has 0 saturated heterocycles. The van der Waals surface area contributed by atoms with Gasteiger partial charge < -0.3 is 8.83 Å². The second kappa shape index (κ2) is 6.88.